The molecule has 0 aromatic heterocycles. The van der Waals surface area contributed by atoms with E-state index in [9.17, 15) is 4.79 Å². The van der Waals surface area contributed by atoms with Crippen LogP contribution in [-0.2, 0) is 16.1 Å². The average molecular weight is 311 g/mol. The number of anilines is 1. The van der Waals surface area contributed by atoms with Crippen LogP contribution in [0.3, 0.4) is 0 Å². The SMILES string of the molecule is COc1cccc(COC=CC(=O)Nc2ccc(C)c(C)c2)c1. The Morgan fingerprint density at radius 2 is 1.96 bits per heavy atom. The molecule has 0 saturated carbocycles. The number of carbonyl (C=O) groups excluding carboxylic acids is 1. The van der Waals surface area contributed by atoms with Crippen LogP contribution in [0.5, 0.6) is 5.75 Å². The van der Waals surface area contributed by atoms with E-state index in [4.69, 9.17) is 9.47 Å². The maximum absolute atomic E-state index is 11.8. The Hall–Kier alpha value is -2.75. The van der Waals surface area contributed by atoms with Gasteiger partial charge in [-0.3, -0.25) is 4.79 Å². The molecule has 0 spiro atoms. The molecule has 0 aliphatic rings. The fourth-order valence-electron chi connectivity index (χ4n) is 2.02. The summed E-state index contributed by atoms with van der Waals surface area (Å²) in [5.74, 6) is 0.557. The molecule has 0 bridgehead atoms. The Kier molecular flexibility index (Phi) is 5.80. The molecule has 4 nitrogen and oxygen atoms in total. The third-order valence-corrected chi connectivity index (χ3v) is 3.47. The fraction of sp³-hybridized carbons (Fsp3) is 0.211. The van der Waals surface area contributed by atoms with Gasteiger partial charge in [-0.15, -0.1) is 0 Å². The topological polar surface area (TPSA) is 47.6 Å². The lowest BCUT2D eigenvalue weighted by Gasteiger charge is -2.06. The third kappa shape index (κ3) is 5.18. The number of hydrogen-bond donors (Lipinski definition) is 1. The molecule has 0 saturated heterocycles. The minimum atomic E-state index is -0.223. The highest BCUT2D eigenvalue weighted by Gasteiger charge is 2.00. The standard InChI is InChI=1S/C19H21NO3/c1-14-7-8-17(11-15(14)2)20-19(21)9-10-23-13-16-5-4-6-18(12-16)22-3/h4-12H,13H2,1-3H3,(H,20,21). The van der Waals surface area contributed by atoms with Gasteiger partial charge in [0, 0.05) is 11.8 Å². The normalized spacial score (nSPS) is 10.6. The molecule has 0 aliphatic heterocycles. The summed E-state index contributed by atoms with van der Waals surface area (Å²) in [5, 5.41) is 2.80. The zero-order valence-corrected chi connectivity index (χ0v) is 13.6. The van der Waals surface area contributed by atoms with E-state index in [1.165, 1.54) is 17.9 Å². The van der Waals surface area contributed by atoms with Gasteiger partial charge in [-0.25, -0.2) is 0 Å². The van der Waals surface area contributed by atoms with Crippen molar-refractivity contribution in [3.8, 4) is 5.75 Å². The summed E-state index contributed by atoms with van der Waals surface area (Å²) in [7, 11) is 1.62. The molecule has 23 heavy (non-hydrogen) atoms. The lowest BCUT2D eigenvalue weighted by atomic mass is 10.1. The van der Waals surface area contributed by atoms with Crippen LogP contribution in [-0.4, -0.2) is 13.0 Å². The van der Waals surface area contributed by atoms with Crippen molar-refractivity contribution in [2.45, 2.75) is 20.5 Å². The molecule has 0 unspecified atom stereocenters. The molecule has 2 rings (SSSR count). The molecular formula is C19H21NO3. The number of carbonyl (C=O) groups is 1. The molecule has 0 fully saturated rings. The molecule has 2 aromatic rings. The second-order valence-corrected chi connectivity index (χ2v) is 5.25. The van der Waals surface area contributed by atoms with E-state index in [1.54, 1.807) is 7.11 Å². The van der Waals surface area contributed by atoms with Gasteiger partial charge in [0.05, 0.1) is 13.4 Å². The highest BCUT2D eigenvalue weighted by molar-refractivity contribution is 5.99. The number of aryl methyl sites for hydroxylation is 2. The minimum absolute atomic E-state index is 0.223. The Labute approximate surface area is 136 Å². The highest BCUT2D eigenvalue weighted by atomic mass is 16.5. The highest BCUT2D eigenvalue weighted by Crippen LogP contribution is 2.14. The average Bonchev–Trinajstić information content (AvgIpc) is 2.55. The van der Waals surface area contributed by atoms with E-state index >= 15 is 0 Å². The largest absolute Gasteiger partial charge is 0.497 e. The van der Waals surface area contributed by atoms with E-state index in [0.717, 1.165) is 22.6 Å². The molecule has 0 radical (unpaired) electrons. The van der Waals surface area contributed by atoms with E-state index < -0.39 is 0 Å². The molecule has 2 aromatic carbocycles. The van der Waals surface area contributed by atoms with Gasteiger partial charge < -0.3 is 14.8 Å². The van der Waals surface area contributed by atoms with Crippen molar-refractivity contribution >= 4 is 11.6 Å². The lowest BCUT2D eigenvalue weighted by molar-refractivity contribution is -0.112. The minimum Gasteiger partial charge on any atom is -0.497 e. The number of rotatable bonds is 6. The maximum Gasteiger partial charge on any atom is 0.251 e. The zero-order valence-electron chi connectivity index (χ0n) is 13.6. The van der Waals surface area contributed by atoms with Gasteiger partial charge in [0.15, 0.2) is 0 Å². The number of hydrogen-bond acceptors (Lipinski definition) is 3. The smallest absolute Gasteiger partial charge is 0.251 e. The Morgan fingerprint density at radius 3 is 2.70 bits per heavy atom. The first-order valence-corrected chi connectivity index (χ1v) is 7.38. The maximum atomic E-state index is 11.8. The number of methoxy groups -OCH3 is 1. The second kappa shape index (κ2) is 8.03. The van der Waals surface area contributed by atoms with Crippen LogP contribution >= 0.6 is 0 Å². The predicted molar refractivity (Wildman–Crippen MR) is 91.5 cm³/mol. The summed E-state index contributed by atoms with van der Waals surface area (Å²) in [4.78, 5) is 11.8. The Balaban J connectivity index is 1.82. The molecule has 4 heteroatoms. The van der Waals surface area contributed by atoms with Crippen LogP contribution < -0.4 is 10.1 Å². The van der Waals surface area contributed by atoms with Gasteiger partial charge in [-0.05, 0) is 54.8 Å². The van der Waals surface area contributed by atoms with Crippen molar-refractivity contribution in [3.05, 3.63) is 71.5 Å². The molecule has 1 N–H and O–H groups in total. The number of benzene rings is 2. The summed E-state index contributed by atoms with van der Waals surface area (Å²) in [6.07, 6.45) is 2.77. The van der Waals surface area contributed by atoms with Crippen molar-refractivity contribution in [2.24, 2.45) is 0 Å². The van der Waals surface area contributed by atoms with E-state index in [2.05, 4.69) is 5.32 Å². The summed E-state index contributed by atoms with van der Waals surface area (Å²) >= 11 is 0. The number of ether oxygens (including phenoxy) is 2. The van der Waals surface area contributed by atoms with Crippen LogP contribution in [0.4, 0.5) is 5.69 Å². The van der Waals surface area contributed by atoms with Crippen molar-refractivity contribution < 1.29 is 14.3 Å². The lowest BCUT2D eigenvalue weighted by Crippen LogP contribution is -2.08. The summed E-state index contributed by atoms with van der Waals surface area (Å²) in [6.45, 7) is 4.43. The van der Waals surface area contributed by atoms with E-state index in [0.29, 0.717) is 6.61 Å². The van der Waals surface area contributed by atoms with Crippen LogP contribution in [0, 0.1) is 13.8 Å². The first kappa shape index (κ1) is 16.6. The summed E-state index contributed by atoms with van der Waals surface area (Å²) < 4.78 is 10.5. The summed E-state index contributed by atoms with van der Waals surface area (Å²) in [5.41, 5.74) is 4.08. The fourth-order valence-corrected chi connectivity index (χ4v) is 2.02. The first-order chi connectivity index (χ1) is 11.1. The van der Waals surface area contributed by atoms with Crippen molar-refractivity contribution in [1.82, 2.24) is 0 Å². The van der Waals surface area contributed by atoms with Crippen molar-refractivity contribution in [2.75, 3.05) is 12.4 Å². The second-order valence-electron chi connectivity index (χ2n) is 5.25. The van der Waals surface area contributed by atoms with E-state index in [-0.39, 0.29) is 5.91 Å². The Bertz CT molecular complexity index is 708. The predicted octanol–water partition coefficient (Wildman–Crippen LogP) is 3.98. The summed E-state index contributed by atoms with van der Waals surface area (Å²) in [6, 6.07) is 13.4. The monoisotopic (exact) mass is 311 g/mol. The Morgan fingerprint density at radius 1 is 1.13 bits per heavy atom. The quantitative estimate of drug-likeness (QED) is 0.648. The molecule has 0 atom stereocenters. The van der Waals surface area contributed by atoms with Gasteiger partial charge in [0.1, 0.15) is 12.4 Å². The van der Waals surface area contributed by atoms with Gasteiger partial charge >= 0.3 is 0 Å². The molecule has 120 valence electrons. The van der Waals surface area contributed by atoms with Gasteiger partial charge in [-0.2, -0.15) is 0 Å². The first-order valence-electron chi connectivity index (χ1n) is 7.38. The number of nitrogens with one attached hydrogen (secondary N) is 1. The van der Waals surface area contributed by atoms with Crippen molar-refractivity contribution in [3.63, 3.8) is 0 Å². The molecule has 0 heterocycles. The zero-order chi connectivity index (χ0) is 16.7. The van der Waals surface area contributed by atoms with Crippen LogP contribution in [0.1, 0.15) is 16.7 Å². The van der Waals surface area contributed by atoms with Gasteiger partial charge in [-0.1, -0.05) is 18.2 Å². The van der Waals surface area contributed by atoms with Gasteiger partial charge in [0.25, 0.3) is 5.91 Å². The van der Waals surface area contributed by atoms with Crippen LogP contribution in [0.2, 0.25) is 0 Å². The van der Waals surface area contributed by atoms with Crippen molar-refractivity contribution in [1.29, 1.82) is 0 Å². The third-order valence-electron chi connectivity index (χ3n) is 3.47. The van der Waals surface area contributed by atoms with E-state index in [1.807, 2.05) is 56.3 Å². The van der Waals surface area contributed by atoms with Gasteiger partial charge in [0.2, 0.25) is 0 Å². The van der Waals surface area contributed by atoms with Crippen LogP contribution in [0.25, 0.3) is 0 Å². The number of amides is 1. The molecule has 1 amide bonds. The molecule has 0 aliphatic carbocycles. The molecular weight excluding hydrogens is 290 g/mol. The van der Waals surface area contributed by atoms with Crippen LogP contribution in [0.15, 0.2) is 54.8 Å².